The molecule has 0 fully saturated rings. The van der Waals surface area contributed by atoms with Crippen LogP contribution < -0.4 is 5.49 Å². The molecule has 5 heteroatoms. The first-order valence-electron chi connectivity index (χ1n) is 8.54. The molecule has 0 unspecified atom stereocenters. The Balaban J connectivity index is 0.00000225. The zero-order valence-electron chi connectivity index (χ0n) is 15.7. The van der Waals surface area contributed by atoms with Crippen LogP contribution in [0.2, 0.25) is 0 Å². The van der Waals surface area contributed by atoms with E-state index in [1.807, 2.05) is 7.05 Å². The number of hydrogen-bond acceptors (Lipinski definition) is 2. The molecule has 0 radical (unpaired) electrons. The SMILES string of the molecule is C.CCCn1cccc(C2=CC=C(c3ccccc3)N(C)C2)c1=NC.O.O. The number of likely N-dealkylation sites (N-methyl/N-ethyl adjacent to an activating group) is 1. The fraction of sp³-hybridized carbons (Fsp3) is 0.318. The lowest BCUT2D eigenvalue weighted by atomic mass is 10.0. The van der Waals surface area contributed by atoms with Crippen molar-refractivity contribution in [2.24, 2.45) is 4.99 Å². The van der Waals surface area contributed by atoms with Crippen molar-refractivity contribution in [3.63, 3.8) is 0 Å². The van der Waals surface area contributed by atoms with Gasteiger partial charge in [-0.25, -0.2) is 0 Å². The van der Waals surface area contributed by atoms with Crippen LogP contribution in [0.1, 0.15) is 31.9 Å². The third kappa shape index (κ3) is 5.18. The summed E-state index contributed by atoms with van der Waals surface area (Å²) in [5.41, 5.74) is 6.11. The molecule has 1 aliphatic rings. The van der Waals surface area contributed by atoms with E-state index in [4.69, 9.17) is 0 Å². The fourth-order valence-corrected chi connectivity index (χ4v) is 3.26. The minimum absolute atomic E-state index is 0. The standard InChI is InChI=1S/C21H25N3.CH4.2H2O/c1-4-14-24-15-8-11-19(21(24)22-2)18-12-13-20(23(3)16-18)17-9-6-5-7-10-17;;;/h5-13,15H,4,14,16H2,1-3H3;1H4;2*1H2. The van der Waals surface area contributed by atoms with Crippen LogP contribution in [0.15, 0.2) is 65.8 Å². The van der Waals surface area contributed by atoms with E-state index in [0.29, 0.717) is 0 Å². The molecule has 4 N–H and O–H groups in total. The Bertz CT molecular complexity index is 836. The molecule has 2 aromatic rings. The van der Waals surface area contributed by atoms with Crippen LogP contribution in [0, 0.1) is 0 Å². The minimum atomic E-state index is 0. The first-order chi connectivity index (χ1) is 11.7. The van der Waals surface area contributed by atoms with Gasteiger partial charge in [0.15, 0.2) is 0 Å². The predicted octanol–water partition coefficient (Wildman–Crippen LogP) is 2.79. The average Bonchev–Trinajstić information content (AvgIpc) is 2.62. The van der Waals surface area contributed by atoms with Gasteiger partial charge in [0.1, 0.15) is 5.49 Å². The maximum atomic E-state index is 4.55. The lowest BCUT2D eigenvalue weighted by molar-refractivity contribution is 0.538. The lowest BCUT2D eigenvalue weighted by Crippen LogP contribution is -2.28. The van der Waals surface area contributed by atoms with Crippen molar-refractivity contribution >= 4 is 11.3 Å². The average molecular weight is 372 g/mol. The van der Waals surface area contributed by atoms with Gasteiger partial charge in [-0.05, 0) is 35.8 Å². The first kappa shape index (κ1) is 24.4. The summed E-state index contributed by atoms with van der Waals surface area (Å²) in [5.74, 6) is 0. The van der Waals surface area contributed by atoms with Crippen LogP contribution in [-0.4, -0.2) is 41.1 Å². The summed E-state index contributed by atoms with van der Waals surface area (Å²) in [6, 6.07) is 14.8. The maximum Gasteiger partial charge on any atom is 0.134 e. The summed E-state index contributed by atoms with van der Waals surface area (Å²) in [6.07, 6.45) is 7.68. The normalized spacial score (nSPS) is 13.6. The molecule has 27 heavy (non-hydrogen) atoms. The molecule has 2 heterocycles. The fourth-order valence-electron chi connectivity index (χ4n) is 3.26. The number of benzene rings is 1. The van der Waals surface area contributed by atoms with Crippen LogP contribution in [0.5, 0.6) is 0 Å². The first-order valence-corrected chi connectivity index (χ1v) is 8.54. The molecule has 1 aliphatic heterocycles. The largest absolute Gasteiger partial charge is 0.412 e. The van der Waals surface area contributed by atoms with Crippen molar-refractivity contribution in [2.45, 2.75) is 27.3 Å². The van der Waals surface area contributed by atoms with Crippen molar-refractivity contribution in [1.82, 2.24) is 9.47 Å². The van der Waals surface area contributed by atoms with Crippen molar-refractivity contribution in [2.75, 3.05) is 20.6 Å². The van der Waals surface area contributed by atoms with Gasteiger partial charge in [-0.15, -0.1) is 0 Å². The quantitative estimate of drug-likeness (QED) is 0.813. The van der Waals surface area contributed by atoms with Gasteiger partial charge in [0.05, 0.1) is 0 Å². The number of rotatable bonds is 4. The van der Waals surface area contributed by atoms with Gasteiger partial charge in [-0.3, -0.25) is 4.99 Å². The van der Waals surface area contributed by atoms with Crippen LogP contribution in [-0.2, 0) is 6.54 Å². The Morgan fingerprint density at radius 2 is 1.70 bits per heavy atom. The lowest BCUT2D eigenvalue weighted by Gasteiger charge is -2.28. The number of pyridine rings is 1. The summed E-state index contributed by atoms with van der Waals surface area (Å²) in [6.45, 7) is 4.08. The Kier molecular flexibility index (Phi) is 10.1. The van der Waals surface area contributed by atoms with Crippen LogP contribution in [0.25, 0.3) is 11.3 Å². The molecule has 0 spiro atoms. The van der Waals surface area contributed by atoms with E-state index in [0.717, 1.165) is 25.0 Å². The Morgan fingerprint density at radius 1 is 1.00 bits per heavy atom. The van der Waals surface area contributed by atoms with Gasteiger partial charge in [-0.2, -0.15) is 0 Å². The summed E-state index contributed by atoms with van der Waals surface area (Å²) in [7, 11) is 4.03. The maximum absolute atomic E-state index is 4.55. The predicted molar refractivity (Wildman–Crippen MR) is 115 cm³/mol. The van der Waals surface area contributed by atoms with E-state index in [9.17, 15) is 0 Å². The Hall–Kier alpha value is -2.63. The molecule has 1 aromatic heterocycles. The molecular formula is C22H33N3O2. The van der Waals surface area contributed by atoms with Crippen LogP contribution in [0.3, 0.4) is 0 Å². The molecule has 3 rings (SSSR count). The summed E-state index contributed by atoms with van der Waals surface area (Å²) in [4.78, 5) is 6.86. The van der Waals surface area contributed by atoms with E-state index < -0.39 is 0 Å². The monoisotopic (exact) mass is 371 g/mol. The van der Waals surface area contributed by atoms with Crippen LogP contribution >= 0.6 is 0 Å². The van der Waals surface area contributed by atoms with E-state index in [1.165, 1.54) is 22.4 Å². The van der Waals surface area contributed by atoms with Gasteiger partial charge in [0.25, 0.3) is 0 Å². The zero-order chi connectivity index (χ0) is 16.9. The van der Waals surface area contributed by atoms with Gasteiger partial charge >= 0.3 is 0 Å². The third-order valence-corrected chi connectivity index (χ3v) is 4.39. The van der Waals surface area contributed by atoms with Crippen molar-refractivity contribution in [1.29, 1.82) is 0 Å². The molecular weight excluding hydrogens is 338 g/mol. The summed E-state index contributed by atoms with van der Waals surface area (Å²) >= 11 is 0. The van der Waals surface area contributed by atoms with E-state index in [2.05, 4.69) is 89.2 Å². The molecule has 0 amide bonds. The minimum Gasteiger partial charge on any atom is -0.412 e. The second-order valence-electron chi connectivity index (χ2n) is 6.13. The molecule has 5 nitrogen and oxygen atoms in total. The number of aryl methyl sites for hydroxylation is 1. The molecule has 1 aromatic carbocycles. The Morgan fingerprint density at radius 3 is 2.30 bits per heavy atom. The molecule has 0 aliphatic carbocycles. The second-order valence-corrected chi connectivity index (χ2v) is 6.13. The van der Waals surface area contributed by atoms with E-state index in [-0.39, 0.29) is 18.4 Å². The number of allylic oxidation sites excluding steroid dienone is 2. The van der Waals surface area contributed by atoms with Crippen molar-refractivity contribution in [3.8, 4) is 0 Å². The number of hydrogen-bond donors (Lipinski definition) is 0. The summed E-state index contributed by atoms with van der Waals surface area (Å²) in [5, 5.41) is 0. The highest BCUT2D eigenvalue weighted by atomic mass is 16.0. The van der Waals surface area contributed by atoms with Gasteiger partial charge < -0.3 is 20.4 Å². The topological polar surface area (TPSA) is 83.5 Å². The van der Waals surface area contributed by atoms with Crippen molar-refractivity contribution in [3.05, 3.63) is 77.4 Å². The van der Waals surface area contributed by atoms with E-state index in [1.54, 1.807) is 0 Å². The highest BCUT2D eigenvalue weighted by Gasteiger charge is 2.16. The van der Waals surface area contributed by atoms with E-state index >= 15 is 0 Å². The molecule has 0 saturated carbocycles. The highest BCUT2D eigenvalue weighted by Crippen LogP contribution is 2.26. The smallest absolute Gasteiger partial charge is 0.134 e. The summed E-state index contributed by atoms with van der Waals surface area (Å²) < 4.78 is 2.24. The second kappa shape index (κ2) is 11.2. The zero-order valence-corrected chi connectivity index (χ0v) is 15.7. The molecule has 0 atom stereocenters. The van der Waals surface area contributed by atoms with Gasteiger partial charge in [-0.1, -0.05) is 50.8 Å². The molecule has 148 valence electrons. The molecule has 0 saturated heterocycles. The highest BCUT2D eigenvalue weighted by molar-refractivity contribution is 5.77. The van der Waals surface area contributed by atoms with Gasteiger partial charge in [0.2, 0.25) is 0 Å². The number of aromatic nitrogens is 1. The number of nitrogens with zero attached hydrogens (tertiary/aromatic N) is 3. The van der Waals surface area contributed by atoms with Crippen molar-refractivity contribution < 1.29 is 11.0 Å². The molecule has 0 bridgehead atoms. The van der Waals surface area contributed by atoms with Crippen LogP contribution in [0.4, 0.5) is 0 Å². The van der Waals surface area contributed by atoms with Gasteiger partial charge in [0, 0.05) is 44.6 Å². The Labute approximate surface area is 162 Å². The third-order valence-electron chi connectivity index (χ3n) is 4.39.